The van der Waals surface area contributed by atoms with Gasteiger partial charge in [-0.3, -0.25) is 19.3 Å². The van der Waals surface area contributed by atoms with E-state index >= 15 is 0 Å². The minimum Gasteiger partial charge on any atom is -0.369 e. The maximum Gasteiger partial charge on any atom is 0.244 e. The Morgan fingerprint density at radius 3 is 2.38 bits per heavy atom. The highest BCUT2D eigenvalue weighted by molar-refractivity contribution is 5.88. The normalized spacial score (nSPS) is 23.6. The van der Waals surface area contributed by atoms with E-state index in [1.165, 1.54) is 19.1 Å². The summed E-state index contributed by atoms with van der Waals surface area (Å²) in [6.07, 6.45) is 3.09. The topological polar surface area (TPSA) is 85.0 Å². The lowest BCUT2D eigenvalue weighted by Crippen LogP contribution is -2.51. The molecule has 2 atom stereocenters. The SMILES string of the molecule is CC(=O)N[C@H](C)C(=O)N1CCC2(CC1)C[C@H](CCN1CCN(c3ccc(F)cc3)CC1)NC2=O. The summed E-state index contributed by atoms with van der Waals surface area (Å²) < 4.78 is 13.2. The number of amides is 3. The number of rotatable bonds is 6. The zero-order chi connectivity index (χ0) is 24.3. The minimum atomic E-state index is -0.541. The van der Waals surface area contributed by atoms with Gasteiger partial charge in [-0.1, -0.05) is 0 Å². The highest BCUT2D eigenvalue weighted by Crippen LogP contribution is 2.41. The van der Waals surface area contributed by atoms with Gasteiger partial charge < -0.3 is 20.4 Å². The van der Waals surface area contributed by atoms with Crippen molar-refractivity contribution < 1.29 is 18.8 Å². The highest BCUT2D eigenvalue weighted by Gasteiger charge is 2.48. The summed E-state index contributed by atoms with van der Waals surface area (Å²) in [5.41, 5.74) is 0.683. The van der Waals surface area contributed by atoms with Crippen molar-refractivity contribution >= 4 is 23.4 Å². The van der Waals surface area contributed by atoms with Gasteiger partial charge in [0.1, 0.15) is 11.9 Å². The molecule has 4 rings (SSSR count). The molecule has 0 bridgehead atoms. The van der Waals surface area contributed by atoms with E-state index in [0.29, 0.717) is 25.9 Å². The van der Waals surface area contributed by atoms with Crippen LogP contribution in [0, 0.1) is 11.2 Å². The molecule has 2 N–H and O–H groups in total. The molecule has 1 spiro atoms. The molecule has 3 aliphatic heterocycles. The van der Waals surface area contributed by atoms with Crippen molar-refractivity contribution in [2.24, 2.45) is 5.41 Å². The van der Waals surface area contributed by atoms with Crippen LogP contribution < -0.4 is 15.5 Å². The summed E-state index contributed by atoms with van der Waals surface area (Å²) in [7, 11) is 0. The molecule has 3 fully saturated rings. The number of likely N-dealkylation sites (tertiary alicyclic amines) is 1. The monoisotopic (exact) mass is 473 g/mol. The third-order valence-corrected chi connectivity index (χ3v) is 7.63. The Morgan fingerprint density at radius 2 is 1.76 bits per heavy atom. The lowest BCUT2D eigenvalue weighted by Gasteiger charge is -2.38. The van der Waals surface area contributed by atoms with Gasteiger partial charge in [0.25, 0.3) is 0 Å². The molecule has 3 saturated heterocycles. The van der Waals surface area contributed by atoms with Crippen LogP contribution in [0.4, 0.5) is 10.1 Å². The fourth-order valence-electron chi connectivity index (χ4n) is 5.57. The molecule has 34 heavy (non-hydrogen) atoms. The Labute approximate surface area is 200 Å². The predicted octanol–water partition coefficient (Wildman–Crippen LogP) is 1.36. The first kappa shape index (κ1) is 24.4. The summed E-state index contributed by atoms with van der Waals surface area (Å²) in [6, 6.07) is 6.30. The van der Waals surface area contributed by atoms with Gasteiger partial charge in [0.15, 0.2) is 0 Å². The van der Waals surface area contributed by atoms with E-state index in [1.807, 2.05) is 12.1 Å². The van der Waals surface area contributed by atoms with E-state index in [9.17, 15) is 18.8 Å². The second-order valence-corrected chi connectivity index (χ2v) is 10.00. The fourth-order valence-corrected chi connectivity index (χ4v) is 5.57. The zero-order valence-corrected chi connectivity index (χ0v) is 20.2. The summed E-state index contributed by atoms with van der Waals surface area (Å²) in [5.74, 6) is -0.389. The van der Waals surface area contributed by atoms with Crippen LogP contribution in [-0.4, -0.2) is 85.4 Å². The number of benzene rings is 1. The maximum atomic E-state index is 13.2. The number of nitrogens with one attached hydrogen (secondary N) is 2. The Kier molecular flexibility index (Phi) is 7.40. The third-order valence-electron chi connectivity index (χ3n) is 7.63. The van der Waals surface area contributed by atoms with Crippen molar-refractivity contribution in [1.82, 2.24) is 20.4 Å². The molecule has 3 heterocycles. The zero-order valence-electron chi connectivity index (χ0n) is 20.2. The van der Waals surface area contributed by atoms with E-state index in [2.05, 4.69) is 20.4 Å². The van der Waals surface area contributed by atoms with Gasteiger partial charge in [-0.25, -0.2) is 4.39 Å². The third kappa shape index (κ3) is 5.51. The number of halogens is 1. The molecule has 9 heteroatoms. The highest BCUT2D eigenvalue weighted by atomic mass is 19.1. The van der Waals surface area contributed by atoms with Gasteiger partial charge in [-0.2, -0.15) is 0 Å². The Hall–Kier alpha value is -2.68. The van der Waals surface area contributed by atoms with Crippen LogP contribution >= 0.6 is 0 Å². The first-order valence-corrected chi connectivity index (χ1v) is 12.4. The van der Waals surface area contributed by atoms with Gasteiger partial charge in [-0.05, 0) is 56.9 Å². The van der Waals surface area contributed by atoms with E-state index in [1.54, 1.807) is 11.8 Å². The Bertz CT molecular complexity index is 892. The number of hydrogen-bond acceptors (Lipinski definition) is 5. The molecule has 0 radical (unpaired) electrons. The first-order chi connectivity index (χ1) is 16.3. The van der Waals surface area contributed by atoms with Crippen molar-refractivity contribution in [1.29, 1.82) is 0 Å². The van der Waals surface area contributed by atoms with E-state index < -0.39 is 6.04 Å². The van der Waals surface area contributed by atoms with Crippen molar-refractivity contribution in [2.75, 3.05) is 50.7 Å². The maximum absolute atomic E-state index is 13.2. The number of carbonyl (C=O) groups is 3. The molecular weight excluding hydrogens is 437 g/mol. The Morgan fingerprint density at radius 1 is 1.12 bits per heavy atom. The predicted molar refractivity (Wildman–Crippen MR) is 128 cm³/mol. The first-order valence-electron chi connectivity index (χ1n) is 12.4. The number of carbonyl (C=O) groups excluding carboxylic acids is 3. The van der Waals surface area contributed by atoms with Crippen LogP contribution in [-0.2, 0) is 14.4 Å². The number of anilines is 1. The fraction of sp³-hybridized carbons (Fsp3) is 0.640. The van der Waals surface area contributed by atoms with E-state index in [-0.39, 0.29) is 35.0 Å². The number of hydrogen-bond donors (Lipinski definition) is 2. The lowest BCUT2D eigenvalue weighted by atomic mass is 9.75. The smallest absolute Gasteiger partial charge is 0.244 e. The van der Waals surface area contributed by atoms with Crippen LogP contribution in [0.2, 0.25) is 0 Å². The minimum absolute atomic E-state index is 0.0835. The van der Waals surface area contributed by atoms with Crippen LogP contribution in [0.15, 0.2) is 24.3 Å². The molecule has 0 unspecified atom stereocenters. The van der Waals surface area contributed by atoms with Crippen LogP contribution in [0.25, 0.3) is 0 Å². The summed E-state index contributed by atoms with van der Waals surface area (Å²) in [4.78, 5) is 43.2. The van der Waals surface area contributed by atoms with E-state index in [4.69, 9.17) is 0 Å². The second-order valence-electron chi connectivity index (χ2n) is 10.00. The average molecular weight is 474 g/mol. The van der Waals surface area contributed by atoms with Crippen molar-refractivity contribution in [2.45, 2.75) is 51.6 Å². The number of piperazine rings is 1. The summed E-state index contributed by atoms with van der Waals surface area (Å²) >= 11 is 0. The van der Waals surface area contributed by atoms with Crippen molar-refractivity contribution in [3.8, 4) is 0 Å². The molecule has 186 valence electrons. The number of nitrogens with zero attached hydrogens (tertiary/aromatic N) is 3. The molecule has 3 amide bonds. The van der Waals surface area contributed by atoms with Gasteiger partial charge in [0, 0.05) is 64.5 Å². The van der Waals surface area contributed by atoms with E-state index in [0.717, 1.165) is 51.3 Å². The summed E-state index contributed by atoms with van der Waals surface area (Å²) in [6.45, 7) is 8.87. The second kappa shape index (κ2) is 10.3. The molecule has 0 aliphatic carbocycles. The van der Waals surface area contributed by atoms with Gasteiger partial charge in [0.2, 0.25) is 17.7 Å². The molecule has 8 nitrogen and oxygen atoms in total. The summed E-state index contributed by atoms with van der Waals surface area (Å²) in [5, 5.41) is 5.86. The largest absolute Gasteiger partial charge is 0.369 e. The van der Waals surface area contributed by atoms with Gasteiger partial charge in [-0.15, -0.1) is 0 Å². The molecule has 1 aromatic carbocycles. The van der Waals surface area contributed by atoms with Crippen LogP contribution in [0.5, 0.6) is 0 Å². The lowest BCUT2D eigenvalue weighted by molar-refractivity contribution is -0.140. The van der Waals surface area contributed by atoms with Crippen molar-refractivity contribution in [3.63, 3.8) is 0 Å². The quantitative estimate of drug-likeness (QED) is 0.652. The van der Waals surface area contributed by atoms with Crippen molar-refractivity contribution in [3.05, 3.63) is 30.1 Å². The molecular formula is C25H36FN5O3. The van der Waals surface area contributed by atoms with Crippen LogP contribution in [0.3, 0.4) is 0 Å². The average Bonchev–Trinajstić information content (AvgIpc) is 3.12. The molecule has 0 aromatic heterocycles. The number of piperidine rings is 1. The standard InChI is InChI=1S/C25H36FN5O3/c1-18(27-19(2)32)23(33)31-11-8-25(9-12-31)17-21(28-24(25)34)7-10-29-13-15-30(16-14-29)22-5-3-20(26)4-6-22/h3-6,18,21H,7-17H2,1-2H3,(H,27,32)(H,28,34)/t18-,21+/m1/s1. The Balaban J connectivity index is 1.21. The molecule has 1 aromatic rings. The van der Waals surface area contributed by atoms with Crippen LogP contribution in [0.1, 0.15) is 39.5 Å². The van der Waals surface area contributed by atoms with Gasteiger partial charge in [0.05, 0.1) is 5.41 Å². The van der Waals surface area contributed by atoms with Gasteiger partial charge >= 0.3 is 0 Å². The molecule has 0 saturated carbocycles. The molecule has 3 aliphatic rings.